The fourth-order valence-corrected chi connectivity index (χ4v) is 4.40. The number of hydrogen-bond donors (Lipinski definition) is 1. The number of hydrogen-bond acceptors (Lipinski definition) is 5. The van der Waals surface area contributed by atoms with Gasteiger partial charge in [-0.1, -0.05) is 15.9 Å². The topological polar surface area (TPSA) is 63.1 Å². The molecule has 140 valence electrons. The van der Waals surface area contributed by atoms with Gasteiger partial charge in [0.1, 0.15) is 0 Å². The van der Waals surface area contributed by atoms with E-state index in [-0.39, 0.29) is 11.9 Å². The van der Waals surface area contributed by atoms with Gasteiger partial charge in [0.2, 0.25) is 0 Å². The molecule has 1 aliphatic rings. The van der Waals surface area contributed by atoms with Crippen molar-refractivity contribution in [3.63, 3.8) is 0 Å². The molecule has 1 amide bonds. The summed E-state index contributed by atoms with van der Waals surface area (Å²) in [6.45, 7) is 1.91. The van der Waals surface area contributed by atoms with Crippen LogP contribution in [0.3, 0.4) is 0 Å². The highest BCUT2D eigenvalue weighted by atomic mass is 79.9. The van der Waals surface area contributed by atoms with Crippen LogP contribution in [0.5, 0.6) is 0 Å². The lowest BCUT2D eigenvalue weighted by Crippen LogP contribution is -2.24. The number of carbonyl (C=O) groups excluding carboxylic acids is 1. The van der Waals surface area contributed by atoms with Gasteiger partial charge in [0.15, 0.2) is 5.13 Å². The molecule has 1 aromatic carbocycles. The van der Waals surface area contributed by atoms with Gasteiger partial charge in [0, 0.05) is 35.2 Å². The Bertz CT molecular complexity index is 936. The van der Waals surface area contributed by atoms with Gasteiger partial charge in [-0.25, -0.2) is 4.98 Å². The van der Waals surface area contributed by atoms with Gasteiger partial charge in [-0.2, -0.15) is 5.10 Å². The van der Waals surface area contributed by atoms with Crippen LogP contribution >= 0.6 is 27.3 Å². The summed E-state index contributed by atoms with van der Waals surface area (Å²) in [7, 11) is 1.97. The van der Waals surface area contributed by atoms with Gasteiger partial charge in [0.05, 0.1) is 17.4 Å². The molecule has 8 heteroatoms. The average molecular weight is 446 g/mol. The van der Waals surface area contributed by atoms with Crippen molar-refractivity contribution in [2.75, 3.05) is 11.9 Å². The minimum Gasteiger partial charge on any atom is -0.298 e. The van der Waals surface area contributed by atoms with Crippen molar-refractivity contribution in [3.05, 3.63) is 63.3 Å². The van der Waals surface area contributed by atoms with Gasteiger partial charge in [-0.15, -0.1) is 11.3 Å². The molecule has 0 radical (unpaired) electrons. The first-order chi connectivity index (χ1) is 13.1. The molecular weight excluding hydrogens is 426 g/mol. The average Bonchev–Trinajstić information content (AvgIpc) is 3.38. The number of amides is 1. The lowest BCUT2D eigenvalue weighted by atomic mass is 10.1. The summed E-state index contributed by atoms with van der Waals surface area (Å²) in [5.74, 6) is -0.137. The van der Waals surface area contributed by atoms with E-state index >= 15 is 0 Å². The van der Waals surface area contributed by atoms with E-state index in [1.807, 2.05) is 30.1 Å². The molecule has 4 rings (SSSR count). The molecule has 0 aliphatic carbocycles. The number of anilines is 1. The zero-order valence-electron chi connectivity index (χ0n) is 14.9. The Hall–Kier alpha value is -2.03. The Morgan fingerprint density at radius 3 is 2.89 bits per heavy atom. The highest BCUT2D eigenvalue weighted by Gasteiger charge is 2.28. The molecule has 3 heterocycles. The largest absolute Gasteiger partial charge is 0.298 e. The summed E-state index contributed by atoms with van der Waals surface area (Å²) in [5, 5.41) is 9.87. The van der Waals surface area contributed by atoms with Gasteiger partial charge in [-0.05, 0) is 49.7 Å². The van der Waals surface area contributed by atoms with Crippen molar-refractivity contribution in [2.24, 2.45) is 7.05 Å². The van der Waals surface area contributed by atoms with Gasteiger partial charge >= 0.3 is 0 Å². The number of likely N-dealkylation sites (tertiary alicyclic amines) is 1. The monoisotopic (exact) mass is 445 g/mol. The molecule has 1 N–H and O–H groups in total. The molecule has 6 nitrogen and oxygen atoms in total. The van der Waals surface area contributed by atoms with Crippen molar-refractivity contribution in [1.29, 1.82) is 0 Å². The molecule has 1 saturated heterocycles. The summed E-state index contributed by atoms with van der Waals surface area (Å²) in [6.07, 6.45) is 4.07. The smallest absolute Gasteiger partial charge is 0.257 e. The number of nitrogens with zero attached hydrogens (tertiary/aromatic N) is 4. The molecule has 3 aromatic rings. The number of aromatic nitrogens is 3. The van der Waals surface area contributed by atoms with Gasteiger partial charge < -0.3 is 0 Å². The lowest BCUT2D eigenvalue weighted by molar-refractivity contribution is 0.102. The highest BCUT2D eigenvalue weighted by molar-refractivity contribution is 9.10. The minimum atomic E-state index is -0.137. The number of carbonyl (C=O) groups is 1. The van der Waals surface area contributed by atoms with E-state index < -0.39 is 0 Å². The summed E-state index contributed by atoms with van der Waals surface area (Å²) in [5.41, 5.74) is 2.85. The fraction of sp³-hybridized carbons (Fsp3) is 0.316. The quantitative estimate of drug-likeness (QED) is 0.637. The molecule has 0 spiro atoms. The second-order valence-corrected chi connectivity index (χ2v) is 8.39. The van der Waals surface area contributed by atoms with Crippen LogP contribution < -0.4 is 5.32 Å². The van der Waals surface area contributed by atoms with E-state index in [4.69, 9.17) is 4.98 Å². The van der Waals surface area contributed by atoms with E-state index in [1.54, 1.807) is 12.1 Å². The number of halogens is 1. The van der Waals surface area contributed by atoms with Crippen molar-refractivity contribution in [2.45, 2.75) is 25.4 Å². The Kier molecular flexibility index (Phi) is 5.38. The fourth-order valence-electron chi connectivity index (χ4n) is 3.38. The third-order valence-electron chi connectivity index (χ3n) is 4.84. The number of benzene rings is 1. The van der Waals surface area contributed by atoms with Crippen molar-refractivity contribution in [3.8, 4) is 0 Å². The van der Waals surface area contributed by atoms with Gasteiger partial charge in [-0.3, -0.25) is 19.7 Å². The van der Waals surface area contributed by atoms with E-state index in [2.05, 4.69) is 42.7 Å². The van der Waals surface area contributed by atoms with Crippen LogP contribution in [0.25, 0.3) is 0 Å². The third-order valence-corrected chi connectivity index (χ3v) is 6.15. The zero-order valence-corrected chi connectivity index (χ0v) is 17.3. The number of thiazole rings is 1. The molecule has 1 aliphatic heterocycles. The predicted molar refractivity (Wildman–Crippen MR) is 110 cm³/mol. The van der Waals surface area contributed by atoms with Crippen LogP contribution in [0.1, 0.15) is 40.6 Å². The zero-order chi connectivity index (χ0) is 18.8. The molecule has 27 heavy (non-hydrogen) atoms. The maximum atomic E-state index is 12.4. The van der Waals surface area contributed by atoms with Crippen LogP contribution in [-0.4, -0.2) is 32.1 Å². The predicted octanol–water partition coefficient (Wildman–Crippen LogP) is 4.23. The summed E-state index contributed by atoms with van der Waals surface area (Å²) < 4.78 is 2.87. The normalized spacial score (nSPS) is 17.3. The third kappa shape index (κ3) is 4.12. The van der Waals surface area contributed by atoms with Crippen LogP contribution in [0.15, 0.2) is 46.4 Å². The SMILES string of the molecule is Cn1nccc1CN1CCC[C@H]1c1csc(NC(=O)c2ccc(Br)cc2)n1. The molecule has 1 fully saturated rings. The van der Waals surface area contributed by atoms with Crippen LogP contribution in [-0.2, 0) is 13.6 Å². The molecule has 1 atom stereocenters. The maximum absolute atomic E-state index is 12.4. The Morgan fingerprint density at radius 2 is 2.15 bits per heavy atom. The first-order valence-electron chi connectivity index (χ1n) is 8.83. The van der Waals surface area contributed by atoms with Crippen molar-refractivity contribution >= 4 is 38.3 Å². The summed E-state index contributed by atoms with van der Waals surface area (Å²) in [6, 6.07) is 9.64. The van der Waals surface area contributed by atoms with Gasteiger partial charge in [0.25, 0.3) is 5.91 Å². The number of rotatable bonds is 5. The second kappa shape index (κ2) is 7.92. The minimum absolute atomic E-state index is 0.137. The Balaban J connectivity index is 1.44. The molecular formula is C19H20BrN5OS. The van der Waals surface area contributed by atoms with Crippen LogP contribution in [0, 0.1) is 0 Å². The first-order valence-corrected chi connectivity index (χ1v) is 10.5. The number of aryl methyl sites for hydroxylation is 1. The molecule has 0 bridgehead atoms. The van der Waals surface area contributed by atoms with E-state index in [1.165, 1.54) is 17.0 Å². The van der Waals surface area contributed by atoms with E-state index in [9.17, 15) is 4.79 Å². The standard InChI is InChI=1S/C19H20BrN5OS/c1-24-15(8-9-21-24)11-25-10-2-3-17(25)16-12-27-19(22-16)23-18(26)13-4-6-14(20)7-5-13/h4-9,12,17H,2-3,10-11H2,1H3,(H,22,23,26)/t17-/m0/s1. The number of nitrogens with one attached hydrogen (secondary N) is 1. The Labute approximate surface area is 170 Å². The van der Waals surface area contributed by atoms with Crippen molar-refractivity contribution in [1.82, 2.24) is 19.7 Å². The summed E-state index contributed by atoms with van der Waals surface area (Å²) >= 11 is 4.86. The van der Waals surface area contributed by atoms with Crippen LogP contribution in [0.4, 0.5) is 5.13 Å². The van der Waals surface area contributed by atoms with E-state index in [0.29, 0.717) is 10.7 Å². The summed E-state index contributed by atoms with van der Waals surface area (Å²) in [4.78, 5) is 19.5. The maximum Gasteiger partial charge on any atom is 0.257 e. The van der Waals surface area contributed by atoms with E-state index in [0.717, 1.165) is 36.1 Å². The molecule has 0 saturated carbocycles. The van der Waals surface area contributed by atoms with Crippen molar-refractivity contribution < 1.29 is 4.79 Å². The second-order valence-electron chi connectivity index (χ2n) is 6.61. The first kappa shape index (κ1) is 18.3. The molecule has 2 aromatic heterocycles. The highest BCUT2D eigenvalue weighted by Crippen LogP contribution is 2.34. The lowest BCUT2D eigenvalue weighted by Gasteiger charge is -2.22. The van der Waals surface area contributed by atoms with Crippen LogP contribution in [0.2, 0.25) is 0 Å². The molecule has 0 unspecified atom stereocenters. The Morgan fingerprint density at radius 1 is 1.33 bits per heavy atom.